The summed E-state index contributed by atoms with van der Waals surface area (Å²) in [4.78, 5) is 24.0. The van der Waals surface area contributed by atoms with Crippen LogP contribution in [0.4, 0.5) is 0 Å². The van der Waals surface area contributed by atoms with Gasteiger partial charge in [-0.05, 0) is 45.5 Å². The molecule has 0 aliphatic carbocycles. The molecule has 6 heteroatoms. The van der Waals surface area contributed by atoms with Crippen molar-refractivity contribution in [3.8, 4) is 0 Å². The van der Waals surface area contributed by atoms with Crippen LogP contribution in [0.25, 0.3) is 0 Å². The number of rotatable bonds is 4. The zero-order valence-electron chi connectivity index (χ0n) is 14.7. The molecular weight excluding hydrogens is 320 g/mol. The third kappa shape index (κ3) is 4.49. The molecule has 2 saturated heterocycles. The second-order valence-electron chi connectivity index (χ2n) is 6.85. The van der Waals surface area contributed by atoms with Crippen LogP contribution in [0.5, 0.6) is 0 Å². The lowest BCUT2D eigenvalue weighted by Crippen LogP contribution is -2.56. The molecule has 0 bridgehead atoms. The normalized spacial score (nSPS) is 24.8. The Bertz CT molecular complexity index is 533. The topological polar surface area (TPSA) is 39.7 Å². The third-order valence-electron chi connectivity index (χ3n) is 5.02. The van der Waals surface area contributed by atoms with Gasteiger partial charge in [-0.25, -0.2) is 4.98 Å². The van der Waals surface area contributed by atoms with Gasteiger partial charge in [0.2, 0.25) is 5.91 Å². The van der Waals surface area contributed by atoms with Crippen LogP contribution in [0.1, 0.15) is 19.8 Å². The van der Waals surface area contributed by atoms with E-state index < -0.39 is 0 Å². The highest BCUT2D eigenvalue weighted by atomic mass is 32.2. The van der Waals surface area contributed by atoms with Crippen LogP contribution in [0.15, 0.2) is 29.4 Å². The van der Waals surface area contributed by atoms with Crippen molar-refractivity contribution in [3.63, 3.8) is 0 Å². The smallest absolute Gasteiger partial charge is 0.235 e. The molecule has 5 nitrogen and oxygen atoms in total. The minimum atomic E-state index is -0.0766. The molecule has 0 aromatic carbocycles. The molecule has 2 atom stereocenters. The number of hydrogen-bond acceptors (Lipinski definition) is 5. The average molecular weight is 349 g/mol. The lowest BCUT2D eigenvalue weighted by atomic mass is 10.0. The van der Waals surface area contributed by atoms with Crippen molar-refractivity contribution in [2.75, 3.05) is 46.3 Å². The van der Waals surface area contributed by atoms with E-state index in [0.29, 0.717) is 6.04 Å². The molecule has 0 N–H and O–H groups in total. The number of aromatic nitrogens is 1. The summed E-state index contributed by atoms with van der Waals surface area (Å²) in [6.45, 7) is 8.09. The number of nitrogens with zero attached hydrogens (tertiary/aromatic N) is 4. The SMILES string of the molecule is C[C@H](Sc1ccccn1)C(=O)N1CCN([C@H]2CCCN(C)C2)CC1. The number of piperidine rings is 1. The fraction of sp³-hybridized carbons (Fsp3) is 0.667. The molecule has 0 spiro atoms. The number of likely N-dealkylation sites (N-methyl/N-ethyl adjacent to an activating group) is 1. The van der Waals surface area contributed by atoms with Crippen molar-refractivity contribution in [2.24, 2.45) is 0 Å². The second kappa shape index (κ2) is 8.32. The molecule has 2 aliphatic heterocycles. The Balaban J connectivity index is 1.48. The summed E-state index contributed by atoms with van der Waals surface area (Å²) in [5.41, 5.74) is 0. The maximum Gasteiger partial charge on any atom is 0.235 e. The van der Waals surface area contributed by atoms with Crippen LogP contribution < -0.4 is 0 Å². The Hall–Kier alpha value is -1.11. The van der Waals surface area contributed by atoms with Crippen molar-refractivity contribution < 1.29 is 4.79 Å². The van der Waals surface area contributed by atoms with Crippen LogP contribution >= 0.6 is 11.8 Å². The van der Waals surface area contributed by atoms with Crippen molar-refractivity contribution in [1.82, 2.24) is 19.7 Å². The Kier molecular flexibility index (Phi) is 6.14. The number of piperazine rings is 1. The molecule has 24 heavy (non-hydrogen) atoms. The summed E-state index contributed by atoms with van der Waals surface area (Å²) < 4.78 is 0. The standard InChI is InChI=1S/C18H28N4OS/c1-15(24-17-7-3-4-8-19-17)18(23)22-12-10-21(11-13-22)16-6-5-9-20(2)14-16/h3-4,7-8,15-16H,5-6,9-14H2,1-2H3/t15-,16-/m0/s1. The molecule has 3 heterocycles. The van der Waals surface area contributed by atoms with Crippen LogP contribution in [0.3, 0.4) is 0 Å². The molecule has 2 aliphatic rings. The van der Waals surface area contributed by atoms with Gasteiger partial charge < -0.3 is 9.80 Å². The number of likely N-dealkylation sites (tertiary alicyclic amines) is 1. The summed E-state index contributed by atoms with van der Waals surface area (Å²) >= 11 is 1.55. The number of thioether (sulfide) groups is 1. The second-order valence-corrected chi connectivity index (χ2v) is 8.21. The van der Waals surface area contributed by atoms with E-state index in [-0.39, 0.29) is 11.2 Å². The first-order chi connectivity index (χ1) is 11.6. The predicted octanol–water partition coefficient (Wildman–Crippen LogP) is 1.80. The summed E-state index contributed by atoms with van der Waals surface area (Å²) in [6.07, 6.45) is 4.36. The van der Waals surface area contributed by atoms with Crippen molar-refractivity contribution in [2.45, 2.75) is 36.1 Å². The average Bonchev–Trinajstić information content (AvgIpc) is 2.62. The highest BCUT2D eigenvalue weighted by molar-refractivity contribution is 8.00. The fourth-order valence-electron chi connectivity index (χ4n) is 3.65. The molecule has 1 aromatic rings. The van der Waals surface area contributed by atoms with Crippen LogP contribution in [-0.2, 0) is 4.79 Å². The van der Waals surface area contributed by atoms with Gasteiger partial charge in [0.1, 0.15) is 0 Å². The third-order valence-corrected chi connectivity index (χ3v) is 6.06. The van der Waals surface area contributed by atoms with Gasteiger partial charge in [-0.1, -0.05) is 17.8 Å². The maximum atomic E-state index is 12.7. The van der Waals surface area contributed by atoms with E-state index in [0.717, 1.165) is 31.2 Å². The van der Waals surface area contributed by atoms with E-state index in [4.69, 9.17) is 0 Å². The number of hydrogen-bond donors (Lipinski definition) is 0. The monoisotopic (exact) mass is 348 g/mol. The Morgan fingerprint density at radius 1 is 1.25 bits per heavy atom. The zero-order chi connectivity index (χ0) is 16.9. The Morgan fingerprint density at radius 3 is 2.71 bits per heavy atom. The number of carbonyl (C=O) groups excluding carboxylic acids is 1. The molecule has 0 saturated carbocycles. The van der Waals surface area contributed by atoms with Gasteiger partial charge in [0.15, 0.2) is 0 Å². The maximum absolute atomic E-state index is 12.7. The number of pyridine rings is 1. The molecule has 1 aromatic heterocycles. The Labute approximate surface area is 149 Å². The minimum Gasteiger partial charge on any atom is -0.339 e. The molecular formula is C18H28N4OS. The first-order valence-electron chi connectivity index (χ1n) is 8.92. The summed E-state index contributed by atoms with van der Waals surface area (Å²) in [5.74, 6) is 0.242. The molecule has 3 rings (SSSR count). The fourth-order valence-corrected chi connectivity index (χ4v) is 4.54. The highest BCUT2D eigenvalue weighted by Gasteiger charge is 2.30. The van der Waals surface area contributed by atoms with Gasteiger partial charge in [0.05, 0.1) is 10.3 Å². The molecule has 132 valence electrons. The number of amides is 1. The first kappa shape index (κ1) is 17.7. The van der Waals surface area contributed by atoms with E-state index in [9.17, 15) is 4.79 Å². The lowest BCUT2D eigenvalue weighted by molar-refractivity contribution is -0.132. The summed E-state index contributed by atoms with van der Waals surface area (Å²) in [6, 6.07) is 6.50. The van der Waals surface area contributed by atoms with Crippen LogP contribution in [-0.4, -0.2) is 83.2 Å². The van der Waals surface area contributed by atoms with Crippen molar-refractivity contribution in [1.29, 1.82) is 0 Å². The van der Waals surface area contributed by atoms with Gasteiger partial charge in [-0.3, -0.25) is 9.69 Å². The molecule has 0 unspecified atom stereocenters. The van der Waals surface area contributed by atoms with E-state index in [1.165, 1.54) is 25.9 Å². The molecule has 2 fully saturated rings. The van der Waals surface area contributed by atoms with Crippen molar-refractivity contribution >= 4 is 17.7 Å². The largest absolute Gasteiger partial charge is 0.339 e. The predicted molar refractivity (Wildman–Crippen MR) is 98.2 cm³/mol. The molecule has 1 amide bonds. The van der Waals surface area contributed by atoms with Crippen molar-refractivity contribution in [3.05, 3.63) is 24.4 Å². The van der Waals surface area contributed by atoms with Crippen LogP contribution in [0, 0.1) is 0 Å². The lowest BCUT2D eigenvalue weighted by Gasteiger charge is -2.43. The van der Waals surface area contributed by atoms with Gasteiger partial charge in [-0.15, -0.1) is 0 Å². The van der Waals surface area contributed by atoms with E-state index in [1.54, 1.807) is 18.0 Å². The van der Waals surface area contributed by atoms with E-state index >= 15 is 0 Å². The van der Waals surface area contributed by atoms with Gasteiger partial charge in [0.25, 0.3) is 0 Å². The Morgan fingerprint density at radius 2 is 2.04 bits per heavy atom. The summed E-state index contributed by atoms with van der Waals surface area (Å²) in [7, 11) is 2.21. The first-order valence-corrected chi connectivity index (χ1v) is 9.80. The van der Waals surface area contributed by atoms with Gasteiger partial charge in [0, 0.05) is 45.0 Å². The van der Waals surface area contributed by atoms with Crippen LogP contribution in [0.2, 0.25) is 0 Å². The van der Waals surface area contributed by atoms with Gasteiger partial charge >= 0.3 is 0 Å². The summed E-state index contributed by atoms with van der Waals surface area (Å²) in [5, 5.41) is 0.842. The van der Waals surface area contributed by atoms with E-state index in [1.807, 2.05) is 30.0 Å². The van der Waals surface area contributed by atoms with E-state index in [2.05, 4.69) is 21.8 Å². The quantitative estimate of drug-likeness (QED) is 0.776. The zero-order valence-corrected chi connectivity index (χ0v) is 15.5. The highest BCUT2D eigenvalue weighted by Crippen LogP contribution is 2.23. The number of carbonyl (C=O) groups is 1. The molecule has 0 radical (unpaired) electrons. The minimum absolute atomic E-state index is 0.0766. The van der Waals surface area contributed by atoms with Gasteiger partial charge in [-0.2, -0.15) is 0 Å².